The Morgan fingerprint density at radius 1 is 1.24 bits per heavy atom. The van der Waals surface area contributed by atoms with Crippen LogP contribution in [-0.4, -0.2) is 34.4 Å². The Morgan fingerprint density at radius 3 is 2.38 bits per heavy atom. The third-order valence-electron chi connectivity index (χ3n) is 2.25. The average Bonchev–Trinajstić information content (AvgIpc) is 2.75. The van der Waals surface area contributed by atoms with Crippen molar-refractivity contribution in [2.45, 2.75) is 52.7 Å². The van der Waals surface area contributed by atoms with Crippen LogP contribution in [-0.2, 0) is 15.0 Å². The van der Waals surface area contributed by atoms with Crippen LogP contribution in [0, 0.1) is 0 Å². The van der Waals surface area contributed by atoms with Crippen LogP contribution in [0.3, 0.4) is 0 Å². The van der Waals surface area contributed by atoms with Gasteiger partial charge >= 0.3 is 18.0 Å². The van der Waals surface area contributed by atoms with E-state index < -0.39 is 23.2 Å². The first-order chi connectivity index (χ1) is 9.55. The number of hydrogen-bond donors (Lipinski definition) is 1. The highest BCUT2D eigenvalue weighted by Crippen LogP contribution is 2.18. The van der Waals surface area contributed by atoms with Gasteiger partial charge in [-0.2, -0.15) is 4.98 Å². The number of nitrogens with zero attached hydrogens (tertiary/aromatic N) is 2. The van der Waals surface area contributed by atoms with E-state index in [0.29, 0.717) is 0 Å². The van der Waals surface area contributed by atoms with Gasteiger partial charge in [-0.25, -0.2) is 9.59 Å². The van der Waals surface area contributed by atoms with Gasteiger partial charge in [-0.05, 0) is 41.5 Å². The molecule has 0 aliphatic heterocycles. The Kier molecular flexibility index (Phi) is 4.93. The van der Waals surface area contributed by atoms with E-state index in [1.807, 2.05) is 0 Å². The second-order valence-corrected chi connectivity index (χ2v) is 5.90. The monoisotopic (exact) mass is 299 g/mol. The summed E-state index contributed by atoms with van der Waals surface area (Å²) in [6.07, 6.45) is -0.616. The molecule has 0 unspecified atom stereocenters. The molecule has 8 heteroatoms. The molecule has 1 heterocycles. The van der Waals surface area contributed by atoms with Crippen LogP contribution in [0.4, 0.5) is 4.79 Å². The molecule has 0 saturated carbocycles. The molecule has 8 nitrogen and oxygen atoms in total. The van der Waals surface area contributed by atoms with Crippen molar-refractivity contribution in [2.75, 3.05) is 6.61 Å². The lowest BCUT2D eigenvalue weighted by Crippen LogP contribution is -2.44. The molecule has 0 aliphatic carbocycles. The van der Waals surface area contributed by atoms with Crippen LogP contribution >= 0.6 is 0 Å². The SMILES string of the molecule is CCOC(=O)c1nc(C(C)(C)NC(=O)OC(C)(C)C)no1. The maximum atomic E-state index is 11.8. The highest BCUT2D eigenvalue weighted by Gasteiger charge is 2.32. The second-order valence-electron chi connectivity index (χ2n) is 5.90. The van der Waals surface area contributed by atoms with E-state index in [1.54, 1.807) is 41.5 Å². The number of rotatable bonds is 4. The molecule has 1 aromatic rings. The molecule has 118 valence electrons. The number of ether oxygens (including phenoxy) is 2. The van der Waals surface area contributed by atoms with Gasteiger partial charge < -0.3 is 19.3 Å². The summed E-state index contributed by atoms with van der Waals surface area (Å²) in [6, 6.07) is 0. The minimum Gasteiger partial charge on any atom is -0.459 e. The minimum atomic E-state index is -0.962. The molecule has 0 saturated heterocycles. The summed E-state index contributed by atoms with van der Waals surface area (Å²) >= 11 is 0. The number of hydrogen-bond acceptors (Lipinski definition) is 7. The first-order valence-electron chi connectivity index (χ1n) is 6.57. The summed E-state index contributed by atoms with van der Waals surface area (Å²) in [5.41, 5.74) is -1.58. The number of alkyl carbamates (subject to hydrolysis) is 1. The summed E-state index contributed by atoms with van der Waals surface area (Å²) < 4.78 is 14.7. The molecule has 1 rings (SSSR count). The summed E-state index contributed by atoms with van der Waals surface area (Å²) in [7, 11) is 0. The quantitative estimate of drug-likeness (QED) is 0.848. The largest absolute Gasteiger partial charge is 0.459 e. The van der Waals surface area contributed by atoms with Crippen molar-refractivity contribution in [1.29, 1.82) is 0 Å². The van der Waals surface area contributed by atoms with Crippen molar-refractivity contribution in [2.24, 2.45) is 0 Å². The number of amides is 1. The molecule has 0 aromatic carbocycles. The third-order valence-corrected chi connectivity index (χ3v) is 2.25. The average molecular weight is 299 g/mol. The Balaban J connectivity index is 2.79. The van der Waals surface area contributed by atoms with Crippen LogP contribution in [0.25, 0.3) is 0 Å². The van der Waals surface area contributed by atoms with E-state index in [1.165, 1.54) is 0 Å². The second kappa shape index (κ2) is 6.11. The zero-order valence-corrected chi connectivity index (χ0v) is 13.1. The van der Waals surface area contributed by atoms with Gasteiger partial charge in [0.2, 0.25) is 0 Å². The molecule has 0 radical (unpaired) electrons. The molecule has 0 bridgehead atoms. The predicted octanol–water partition coefficient (Wildman–Crippen LogP) is 2.01. The Morgan fingerprint density at radius 2 is 1.86 bits per heavy atom. The number of carbonyl (C=O) groups excluding carboxylic acids is 2. The molecular weight excluding hydrogens is 278 g/mol. The van der Waals surface area contributed by atoms with Crippen molar-refractivity contribution in [3.63, 3.8) is 0 Å². The van der Waals surface area contributed by atoms with Crippen molar-refractivity contribution in [3.05, 3.63) is 11.7 Å². The highest BCUT2D eigenvalue weighted by molar-refractivity contribution is 5.84. The van der Waals surface area contributed by atoms with Gasteiger partial charge in [0.05, 0.1) is 6.61 Å². The lowest BCUT2D eigenvalue weighted by molar-refractivity contribution is 0.0455. The van der Waals surface area contributed by atoms with E-state index in [0.717, 1.165) is 0 Å². The summed E-state index contributed by atoms with van der Waals surface area (Å²) in [5.74, 6) is -0.813. The smallest absolute Gasteiger partial charge is 0.408 e. The number of aromatic nitrogens is 2. The summed E-state index contributed by atoms with van der Waals surface area (Å²) in [4.78, 5) is 27.2. The van der Waals surface area contributed by atoms with Crippen LogP contribution in [0.2, 0.25) is 0 Å². The predicted molar refractivity (Wildman–Crippen MR) is 72.7 cm³/mol. The van der Waals surface area contributed by atoms with Gasteiger partial charge in [0.25, 0.3) is 0 Å². The highest BCUT2D eigenvalue weighted by atomic mass is 16.6. The van der Waals surface area contributed by atoms with E-state index in [9.17, 15) is 9.59 Å². The van der Waals surface area contributed by atoms with E-state index in [-0.39, 0.29) is 18.3 Å². The first kappa shape index (κ1) is 16.9. The van der Waals surface area contributed by atoms with Crippen LogP contribution in [0.15, 0.2) is 4.52 Å². The lowest BCUT2D eigenvalue weighted by Gasteiger charge is -2.26. The maximum Gasteiger partial charge on any atom is 0.408 e. The van der Waals surface area contributed by atoms with Gasteiger partial charge in [0.15, 0.2) is 5.82 Å². The fraction of sp³-hybridized carbons (Fsp3) is 0.692. The Bertz CT molecular complexity index is 516. The molecular formula is C13H21N3O5. The van der Waals surface area contributed by atoms with E-state index >= 15 is 0 Å². The van der Waals surface area contributed by atoms with Crippen LogP contribution in [0.1, 0.15) is 58.1 Å². The number of esters is 1. The van der Waals surface area contributed by atoms with Gasteiger partial charge in [0.1, 0.15) is 11.1 Å². The van der Waals surface area contributed by atoms with Crippen molar-refractivity contribution in [3.8, 4) is 0 Å². The van der Waals surface area contributed by atoms with Crippen molar-refractivity contribution >= 4 is 12.1 Å². The fourth-order valence-corrected chi connectivity index (χ4v) is 1.37. The number of carbonyl (C=O) groups is 2. The molecule has 0 atom stereocenters. The molecule has 0 spiro atoms. The third kappa shape index (κ3) is 5.05. The van der Waals surface area contributed by atoms with Crippen molar-refractivity contribution < 1.29 is 23.6 Å². The minimum absolute atomic E-state index is 0.149. The molecule has 21 heavy (non-hydrogen) atoms. The first-order valence-corrected chi connectivity index (χ1v) is 6.57. The Hall–Kier alpha value is -2.12. The van der Waals surface area contributed by atoms with Gasteiger partial charge in [0, 0.05) is 0 Å². The van der Waals surface area contributed by atoms with E-state index in [2.05, 4.69) is 15.5 Å². The van der Waals surface area contributed by atoms with Crippen LogP contribution in [0.5, 0.6) is 0 Å². The van der Waals surface area contributed by atoms with Gasteiger partial charge in [-0.15, -0.1) is 0 Å². The van der Waals surface area contributed by atoms with Gasteiger partial charge in [-0.1, -0.05) is 5.16 Å². The van der Waals surface area contributed by atoms with Crippen molar-refractivity contribution in [1.82, 2.24) is 15.5 Å². The molecule has 0 aliphatic rings. The Labute approximate surface area is 123 Å². The zero-order chi connectivity index (χ0) is 16.3. The number of nitrogens with one attached hydrogen (secondary N) is 1. The topological polar surface area (TPSA) is 104 Å². The fourth-order valence-electron chi connectivity index (χ4n) is 1.37. The zero-order valence-electron chi connectivity index (χ0n) is 13.1. The molecule has 1 amide bonds. The van der Waals surface area contributed by atoms with Gasteiger partial charge in [-0.3, -0.25) is 0 Å². The molecule has 0 fully saturated rings. The summed E-state index contributed by atoms with van der Waals surface area (Å²) in [6.45, 7) is 10.5. The van der Waals surface area contributed by atoms with E-state index in [4.69, 9.17) is 14.0 Å². The molecule has 1 aromatic heterocycles. The van der Waals surface area contributed by atoms with Crippen LogP contribution < -0.4 is 5.32 Å². The maximum absolute atomic E-state index is 11.8. The molecule has 1 N–H and O–H groups in total. The lowest BCUT2D eigenvalue weighted by atomic mass is 10.1. The summed E-state index contributed by atoms with van der Waals surface area (Å²) in [5, 5.41) is 6.30. The normalized spacial score (nSPS) is 11.9. The standard InChI is InChI=1S/C13H21N3O5/c1-7-19-9(17)8-14-10(16-21-8)13(5,6)15-11(18)20-12(2,3)4/h7H2,1-6H3,(H,15,18).